The molecule has 0 heterocycles. The number of ketones is 2. The Labute approximate surface area is 120 Å². The van der Waals surface area contributed by atoms with Crippen LogP contribution in [0, 0.1) is 17.3 Å². The molecular weight excluding hydrogens is 248 g/mol. The number of hydrogen-bond acceptors (Lipinski definition) is 2. The minimum atomic E-state index is -0.0510. The molecule has 0 aromatic heterocycles. The normalized spacial score (nSPS) is 40.1. The lowest BCUT2D eigenvalue weighted by molar-refractivity contribution is -0.128. The molecule has 0 bridgehead atoms. The van der Waals surface area contributed by atoms with E-state index in [-0.39, 0.29) is 5.41 Å². The second-order valence-corrected chi connectivity index (χ2v) is 7.28. The summed E-state index contributed by atoms with van der Waals surface area (Å²) >= 11 is 0. The summed E-state index contributed by atoms with van der Waals surface area (Å²) < 4.78 is 0. The second-order valence-electron chi connectivity index (χ2n) is 7.28. The number of rotatable bonds is 0. The maximum atomic E-state index is 12.3. The molecule has 0 radical (unpaired) electrons. The molecule has 4 aliphatic carbocycles. The third-order valence-corrected chi connectivity index (χ3v) is 6.42. The predicted octanol–water partition coefficient (Wildman–Crippen LogP) is 3.76. The zero-order chi connectivity index (χ0) is 13.9. The predicted molar refractivity (Wildman–Crippen MR) is 77.1 cm³/mol. The monoisotopic (exact) mass is 270 g/mol. The van der Waals surface area contributed by atoms with Gasteiger partial charge in [-0.3, -0.25) is 9.59 Å². The van der Waals surface area contributed by atoms with E-state index in [1.165, 1.54) is 11.1 Å². The van der Waals surface area contributed by atoms with Gasteiger partial charge in [0.2, 0.25) is 0 Å². The highest BCUT2D eigenvalue weighted by Crippen LogP contribution is 2.57. The first kappa shape index (κ1) is 12.6. The van der Waals surface area contributed by atoms with Crippen molar-refractivity contribution in [3.05, 3.63) is 22.8 Å². The van der Waals surface area contributed by atoms with E-state index in [1.54, 1.807) is 5.57 Å². The van der Waals surface area contributed by atoms with Crippen molar-refractivity contribution < 1.29 is 9.59 Å². The summed E-state index contributed by atoms with van der Waals surface area (Å²) in [5.74, 6) is 2.05. The molecule has 2 nitrogen and oxygen atoms in total. The average molecular weight is 270 g/mol. The molecule has 4 aliphatic rings. The van der Waals surface area contributed by atoms with Gasteiger partial charge >= 0.3 is 0 Å². The van der Waals surface area contributed by atoms with Crippen LogP contribution in [-0.2, 0) is 9.59 Å². The fourth-order valence-corrected chi connectivity index (χ4v) is 5.24. The Bertz CT molecular complexity index is 566. The molecule has 0 aromatic carbocycles. The maximum absolute atomic E-state index is 12.3. The van der Waals surface area contributed by atoms with Gasteiger partial charge in [-0.2, -0.15) is 0 Å². The summed E-state index contributed by atoms with van der Waals surface area (Å²) in [5.41, 5.74) is 4.39. The van der Waals surface area contributed by atoms with Crippen molar-refractivity contribution in [3.63, 3.8) is 0 Å². The van der Waals surface area contributed by atoms with Crippen molar-refractivity contribution in [1.82, 2.24) is 0 Å². The number of hydrogen-bond donors (Lipinski definition) is 0. The minimum absolute atomic E-state index is 0.0510. The molecule has 20 heavy (non-hydrogen) atoms. The number of carbonyl (C=O) groups is 2. The summed E-state index contributed by atoms with van der Waals surface area (Å²) in [6.45, 7) is 2.21. The van der Waals surface area contributed by atoms with E-state index in [0.717, 1.165) is 44.9 Å². The lowest BCUT2D eigenvalue weighted by Gasteiger charge is -2.45. The van der Waals surface area contributed by atoms with Gasteiger partial charge in [0.05, 0.1) is 0 Å². The molecule has 4 rings (SSSR count). The lowest BCUT2D eigenvalue weighted by Crippen LogP contribution is -2.39. The third kappa shape index (κ3) is 1.57. The van der Waals surface area contributed by atoms with Crippen LogP contribution in [0.2, 0.25) is 0 Å². The minimum Gasteiger partial charge on any atom is -0.299 e. The van der Waals surface area contributed by atoms with E-state index in [1.807, 2.05) is 0 Å². The largest absolute Gasteiger partial charge is 0.299 e. The van der Waals surface area contributed by atoms with Crippen LogP contribution in [0.4, 0.5) is 0 Å². The Hall–Kier alpha value is -1.18. The van der Waals surface area contributed by atoms with Gasteiger partial charge in [0.1, 0.15) is 11.6 Å². The Morgan fingerprint density at radius 3 is 2.85 bits per heavy atom. The standard InChI is InChI=1S/C18H22O2/c1-18-9-8-14-13-5-3-12(19)10-11(13)2-4-15(14)16(18)6-7-17(18)20/h2,15-16H,3-10H2,1H3/t15?,16-,18+/m1/s1. The van der Waals surface area contributed by atoms with E-state index < -0.39 is 0 Å². The molecule has 3 saturated carbocycles. The van der Waals surface area contributed by atoms with Gasteiger partial charge in [-0.1, -0.05) is 18.6 Å². The van der Waals surface area contributed by atoms with Crippen molar-refractivity contribution in [2.24, 2.45) is 17.3 Å². The van der Waals surface area contributed by atoms with Crippen LogP contribution >= 0.6 is 0 Å². The van der Waals surface area contributed by atoms with E-state index >= 15 is 0 Å². The van der Waals surface area contributed by atoms with Gasteiger partial charge in [-0.25, -0.2) is 0 Å². The highest BCUT2D eigenvalue weighted by Gasteiger charge is 2.52. The first-order valence-electron chi connectivity index (χ1n) is 8.06. The Morgan fingerprint density at radius 1 is 1.15 bits per heavy atom. The van der Waals surface area contributed by atoms with Crippen LogP contribution < -0.4 is 0 Å². The molecular formula is C18H22O2. The van der Waals surface area contributed by atoms with Crippen molar-refractivity contribution in [2.75, 3.05) is 0 Å². The van der Waals surface area contributed by atoms with Crippen molar-refractivity contribution in [2.45, 2.75) is 58.3 Å². The lowest BCUT2D eigenvalue weighted by atomic mass is 9.58. The van der Waals surface area contributed by atoms with Crippen LogP contribution in [0.15, 0.2) is 22.8 Å². The van der Waals surface area contributed by atoms with Crippen LogP contribution in [0.5, 0.6) is 0 Å². The van der Waals surface area contributed by atoms with Crippen molar-refractivity contribution >= 4 is 11.6 Å². The van der Waals surface area contributed by atoms with Gasteiger partial charge in [0, 0.05) is 24.7 Å². The third-order valence-electron chi connectivity index (χ3n) is 6.42. The molecule has 0 N–H and O–H groups in total. The molecule has 3 fully saturated rings. The quantitative estimate of drug-likeness (QED) is 0.671. The summed E-state index contributed by atoms with van der Waals surface area (Å²) in [4.78, 5) is 23.9. The highest BCUT2D eigenvalue weighted by molar-refractivity contribution is 5.88. The molecule has 0 saturated heterocycles. The zero-order valence-electron chi connectivity index (χ0n) is 12.2. The molecule has 0 amide bonds. The number of allylic oxidation sites excluding steroid dienone is 4. The summed E-state index contributed by atoms with van der Waals surface area (Å²) in [5, 5.41) is 0. The van der Waals surface area contributed by atoms with E-state index in [4.69, 9.17) is 0 Å². The van der Waals surface area contributed by atoms with Crippen molar-refractivity contribution in [3.8, 4) is 0 Å². The van der Waals surface area contributed by atoms with Crippen molar-refractivity contribution in [1.29, 1.82) is 0 Å². The molecule has 106 valence electrons. The summed E-state index contributed by atoms with van der Waals surface area (Å²) in [6.07, 6.45) is 9.71. The number of carbonyl (C=O) groups excluding carboxylic acids is 2. The fraction of sp³-hybridized carbons (Fsp3) is 0.667. The summed E-state index contributed by atoms with van der Waals surface area (Å²) in [6, 6.07) is 0. The van der Waals surface area contributed by atoms with Gasteiger partial charge in [-0.05, 0) is 55.1 Å². The number of Topliss-reactive ketones (excluding diaryl/α,β-unsaturated/α-hetero) is 2. The molecule has 0 aromatic rings. The Morgan fingerprint density at radius 2 is 2.00 bits per heavy atom. The molecule has 3 atom stereocenters. The van der Waals surface area contributed by atoms with E-state index in [2.05, 4.69) is 13.0 Å². The molecule has 0 aliphatic heterocycles. The smallest absolute Gasteiger partial charge is 0.139 e. The second kappa shape index (κ2) is 4.16. The average Bonchev–Trinajstić information content (AvgIpc) is 2.74. The van der Waals surface area contributed by atoms with Crippen LogP contribution in [0.3, 0.4) is 0 Å². The van der Waals surface area contributed by atoms with Gasteiger partial charge in [0.15, 0.2) is 0 Å². The first-order chi connectivity index (χ1) is 9.59. The molecule has 1 unspecified atom stereocenters. The topological polar surface area (TPSA) is 34.1 Å². The highest BCUT2D eigenvalue weighted by atomic mass is 16.1. The van der Waals surface area contributed by atoms with Crippen LogP contribution in [0.1, 0.15) is 58.3 Å². The van der Waals surface area contributed by atoms with E-state index in [0.29, 0.717) is 29.8 Å². The Kier molecular flexibility index (Phi) is 2.61. The number of fused-ring (bicyclic) bond motifs is 4. The van der Waals surface area contributed by atoms with E-state index in [9.17, 15) is 9.59 Å². The maximum Gasteiger partial charge on any atom is 0.139 e. The molecule has 2 heteroatoms. The van der Waals surface area contributed by atoms with Gasteiger partial charge in [-0.15, -0.1) is 0 Å². The fourth-order valence-electron chi connectivity index (χ4n) is 5.24. The van der Waals surface area contributed by atoms with Crippen LogP contribution in [0.25, 0.3) is 0 Å². The van der Waals surface area contributed by atoms with Gasteiger partial charge in [0.25, 0.3) is 0 Å². The SMILES string of the molecule is C[C@]12CCC3=C4CCC(=O)CC4=CCC3[C@H]1CCC2=O. The zero-order valence-corrected chi connectivity index (χ0v) is 12.2. The first-order valence-corrected chi connectivity index (χ1v) is 8.06. The summed E-state index contributed by atoms with van der Waals surface area (Å²) in [7, 11) is 0. The Balaban J connectivity index is 1.72. The molecule has 0 spiro atoms. The van der Waals surface area contributed by atoms with Gasteiger partial charge < -0.3 is 0 Å². The van der Waals surface area contributed by atoms with Crippen LogP contribution in [-0.4, -0.2) is 11.6 Å².